The number of hydrogen-bond acceptors (Lipinski definition) is 3. The lowest BCUT2D eigenvalue weighted by molar-refractivity contribution is -0.117. The van der Waals surface area contributed by atoms with Gasteiger partial charge in [0.15, 0.2) is 0 Å². The zero-order chi connectivity index (χ0) is 9.68. The Morgan fingerprint density at radius 3 is 2.77 bits per heavy atom. The molecular formula is C9H11NO2S. The fraction of sp³-hybridized carbons (Fsp3) is 0.333. The summed E-state index contributed by atoms with van der Waals surface area (Å²) in [7, 11) is 0. The summed E-state index contributed by atoms with van der Waals surface area (Å²) in [5.74, 6) is -0.210. The molecule has 0 heterocycles. The van der Waals surface area contributed by atoms with Gasteiger partial charge in [0.05, 0.1) is 0 Å². The Balaban J connectivity index is 2.43. The van der Waals surface area contributed by atoms with Gasteiger partial charge in [0.25, 0.3) is 0 Å². The van der Waals surface area contributed by atoms with Crippen LogP contribution in [0.5, 0.6) is 0 Å². The number of allylic oxidation sites excluding steroid dienone is 3. The van der Waals surface area contributed by atoms with E-state index in [1.807, 2.05) is 12.2 Å². The Labute approximate surface area is 81.4 Å². The van der Waals surface area contributed by atoms with E-state index >= 15 is 0 Å². The van der Waals surface area contributed by atoms with Crippen LogP contribution in [0.4, 0.5) is 0 Å². The number of rotatable bonds is 1. The molecule has 0 aromatic carbocycles. The molecule has 1 amide bonds. The van der Waals surface area contributed by atoms with E-state index < -0.39 is 0 Å². The van der Waals surface area contributed by atoms with E-state index in [9.17, 15) is 9.59 Å². The molecule has 1 N–H and O–H groups in total. The highest BCUT2D eigenvalue weighted by Gasteiger charge is 2.09. The average Bonchev–Trinajstić information content (AvgIpc) is 2.15. The SMILES string of the molecule is CC(=O)NSC(=O)C1=CCCC=C1. The highest BCUT2D eigenvalue weighted by atomic mass is 32.2. The van der Waals surface area contributed by atoms with Gasteiger partial charge in [-0.1, -0.05) is 18.2 Å². The number of carbonyl (C=O) groups excluding carboxylic acids is 2. The van der Waals surface area contributed by atoms with Crippen molar-refractivity contribution in [2.24, 2.45) is 0 Å². The zero-order valence-corrected chi connectivity index (χ0v) is 8.19. The molecule has 70 valence electrons. The molecule has 4 heteroatoms. The normalized spacial score (nSPS) is 15.0. The minimum Gasteiger partial charge on any atom is -0.294 e. The van der Waals surface area contributed by atoms with Crippen LogP contribution in [-0.2, 0) is 9.59 Å². The van der Waals surface area contributed by atoms with Crippen molar-refractivity contribution in [3.05, 3.63) is 23.8 Å². The van der Waals surface area contributed by atoms with Crippen LogP contribution in [0.3, 0.4) is 0 Å². The summed E-state index contributed by atoms with van der Waals surface area (Å²) in [6.07, 6.45) is 7.53. The molecule has 3 nitrogen and oxygen atoms in total. The maximum absolute atomic E-state index is 11.3. The molecule has 0 aromatic heterocycles. The van der Waals surface area contributed by atoms with E-state index in [0.717, 1.165) is 24.8 Å². The van der Waals surface area contributed by atoms with Crippen molar-refractivity contribution in [2.45, 2.75) is 19.8 Å². The minimum absolute atomic E-state index is 0.105. The molecule has 0 spiro atoms. The first-order valence-electron chi connectivity index (χ1n) is 4.04. The minimum atomic E-state index is -0.210. The third kappa shape index (κ3) is 3.46. The van der Waals surface area contributed by atoms with Crippen LogP contribution in [0.2, 0.25) is 0 Å². The van der Waals surface area contributed by atoms with E-state index in [2.05, 4.69) is 4.72 Å². The third-order valence-corrected chi connectivity index (χ3v) is 2.33. The molecule has 0 atom stereocenters. The van der Waals surface area contributed by atoms with Crippen molar-refractivity contribution in [1.29, 1.82) is 0 Å². The number of nitrogens with one attached hydrogen (secondary N) is 1. The number of hydrogen-bond donors (Lipinski definition) is 1. The molecule has 0 saturated heterocycles. The van der Waals surface area contributed by atoms with Gasteiger partial charge in [-0.15, -0.1) is 0 Å². The van der Waals surface area contributed by atoms with Gasteiger partial charge in [-0.25, -0.2) is 0 Å². The molecule has 0 unspecified atom stereocenters. The smallest absolute Gasteiger partial charge is 0.239 e. The van der Waals surface area contributed by atoms with Gasteiger partial charge >= 0.3 is 0 Å². The molecule has 0 aliphatic heterocycles. The Morgan fingerprint density at radius 2 is 2.23 bits per heavy atom. The Bertz CT molecular complexity index is 281. The van der Waals surface area contributed by atoms with Gasteiger partial charge < -0.3 is 0 Å². The Kier molecular flexibility index (Phi) is 3.76. The zero-order valence-electron chi connectivity index (χ0n) is 7.37. The van der Waals surface area contributed by atoms with Crippen molar-refractivity contribution in [1.82, 2.24) is 4.72 Å². The van der Waals surface area contributed by atoms with Gasteiger partial charge in [-0.3, -0.25) is 14.3 Å². The van der Waals surface area contributed by atoms with Crippen LogP contribution in [0.15, 0.2) is 23.8 Å². The summed E-state index contributed by atoms with van der Waals surface area (Å²) in [6.45, 7) is 1.38. The standard InChI is InChI=1S/C9H11NO2S/c1-7(11)10-13-9(12)8-5-3-2-4-6-8/h3,5-6H,2,4H2,1H3,(H,10,11). The van der Waals surface area contributed by atoms with Gasteiger partial charge in [-0.05, 0) is 12.8 Å². The molecule has 0 bridgehead atoms. The van der Waals surface area contributed by atoms with E-state index in [1.165, 1.54) is 6.92 Å². The van der Waals surface area contributed by atoms with Crippen molar-refractivity contribution in [3.8, 4) is 0 Å². The van der Waals surface area contributed by atoms with Gasteiger partial charge in [0.2, 0.25) is 11.0 Å². The van der Waals surface area contributed by atoms with Crippen molar-refractivity contribution in [3.63, 3.8) is 0 Å². The lowest BCUT2D eigenvalue weighted by Crippen LogP contribution is -2.14. The van der Waals surface area contributed by atoms with E-state index in [-0.39, 0.29) is 11.0 Å². The summed E-state index contributed by atoms with van der Waals surface area (Å²) in [6, 6.07) is 0. The van der Waals surface area contributed by atoms with Crippen LogP contribution in [0, 0.1) is 0 Å². The second kappa shape index (κ2) is 4.87. The van der Waals surface area contributed by atoms with Crippen LogP contribution in [0.25, 0.3) is 0 Å². The Morgan fingerprint density at radius 1 is 1.46 bits per heavy atom. The lowest BCUT2D eigenvalue weighted by Gasteiger charge is -2.04. The van der Waals surface area contributed by atoms with Crippen LogP contribution in [-0.4, -0.2) is 11.0 Å². The average molecular weight is 197 g/mol. The predicted molar refractivity (Wildman–Crippen MR) is 52.9 cm³/mol. The third-order valence-electron chi connectivity index (χ3n) is 1.52. The van der Waals surface area contributed by atoms with Crippen molar-refractivity contribution in [2.75, 3.05) is 0 Å². The molecule has 0 radical (unpaired) electrons. The first kappa shape index (κ1) is 10.1. The summed E-state index contributed by atoms with van der Waals surface area (Å²) < 4.78 is 2.40. The summed E-state index contributed by atoms with van der Waals surface area (Å²) in [4.78, 5) is 21.8. The molecule has 1 aliphatic rings. The van der Waals surface area contributed by atoms with Crippen LogP contribution >= 0.6 is 11.9 Å². The molecule has 1 aliphatic carbocycles. The Hall–Kier alpha value is -1.03. The second-order valence-corrected chi connectivity index (χ2v) is 3.47. The quantitative estimate of drug-likeness (QED) is 0.649. The van der Waals surface area contributed by atoms with E-state index in [0.29, 0.717) is 5.57 Å². The van der Waals surface area contributed by atoms with E-state index in [1.54, 1.807) is 6.08 Å². The second-order valence-electron chi connectivity index (χ2n) is 2.69. The van der Waals surface area contributed by atoms with E-state index in [4.69, 9.17) is 0 Å². The number of amides is 1. The first-order valence-corrected chi connectivity index (χ1v) is 4.86. The lowest BCUT2D eigenvalue weighted by atomic mass is 10.1. The fourth-order valence-corrected chi connectivity index (χ4v) is 1.45. The van der Waals surface area contributed by atoms with Crippen molar-refractivity contribution >= 4 is 23.0 Å². The summed E-state index contributed by atoms with van der Waals surface area (Å²) in [5.41, 5.74) is 0.671. The monoisotopic (exact) mass is 197 g/mol. The number of carbonyl (C=O) groups is 2. The van der Waals surface area contributed by atoms with Crippen LogP contribution < -0.4 is 4.72 Å². The fourth-order valence-electron chi connectivity index (χ4n) is 0.942. The molecular weight excluding hydrogens is 186 g/mol. The molecule has 13 heavy (non-hydrogen) atoms. The van der Waals surface area contributed by atoms with Crippen molar-refractivity contribution < 1.29 is 9.59 Å². The highest BCUT2D eigenvalue weighted by Crippen LogP contribution is 2.15. The molecule has 0 aromatic rings. The summed E-state index contributed by atoms with van der Waals surface area (Å²) in [5, 5.41) is -0.105. The van der Waals surface area contributed by atoms with Crippen LogP contribution in [0.1, 0.15) is 19.8 Å². The topological polar surface area (TPSA) is 46.2 Å². The largest absolute Gasteiger partial charge is 0.294 e. The maximum Gasteiger partial charge on any atom is 0.239 e. The maximum atomic E-state index is 11.3. The molecule has 1 rings (SSSR count). The van der Waals surface area contributed by atoms with Gasteiger partial charge in [-0.2, -0.15) is 0 Å². The first-order chi connectivity index (χ1) is 6.20. The summed E-state index contributed by atoms with van der Waals surface area (Å²) >= 11 is 0.833. The van der Waals surface area contributed by atoms with Gasteiger partial charge in [0, 0.05) is 24.4 Å². The molecule has 0 fully saturated rings. The highest BCUT2D eigenvalue weighted by molar-refractivity contribution is 8.12. The van der Waals surface area contributed by atoms with Gasteiger partial charge in [0.1, 0.15) is 0 Å². The predicted octanol–water partition coefficient (Wildman–Crippen LogP) is 1.57. The molecule has 0 saturated carbocycles.